The van der Waals surface area contributed by atoms with Gasteiger partial charge in [0, 0.05) is 6.42 Å². The Kier molecular flexibility index (Phi) is 12.7. The standard InChI is InChI=1S/C29H50N4O7/c1-17(2)14-22(32-25(35)20(12-13-24(30)34)33-28(38)40-29(4,5)6)26(36)31-21(16-19-10-8-7-9-11-19)23-15-18(3)27(37)39-23/h17-23H,7-16H2,1-6H3,(H2,30,34)(H,31,36)(H,32,35)(H,33,38)/t18-,20+,21+,22+,23+/m1/s1. The summed E-state index contributed by atoms with van der Waals surface area (Å²) in [7, 11) is 0. The summed E-state index contributed by atoms with van der Waals surface area (Å²) >= 11 is 0. The van der Waals surface area contributed by atoms with Crippen LogP contribution >= 0.6 is 0 Å². The molecule has 228 valence electrons. The van der Waals surface area contributed by atoms with Crippen molar-refractivity contribution in [3.05, 3.63) is 0 Å². The van der Waals surface area contributed by atoms with Gasteiger partial charge >= 0.3 is 12.1 Å². The van der Waals surface area contributed by atoms with Gasteiger partial charge in [-0.1, -0.05) is 52.9 Å². The number of carbonyl (C=O) groups excluding carboxylic acids is 5. The molecule has 1 saturated carbocycles. The van der Waals surface area contributed by atoms with E-state index in [-0.39, 0.29) is 42.6 Å². The van der Waals surface area contributed by atoms with Crippen LogP contribution in [0.2, 0.25) is 0 Å². The van der Waals surface area contributed by atoms with Crippen LogP contribution in [0.4, 0.5) is 4.79 Å². The van der Waals surface area contributed by atoms with E-state index in [1.165, 1.54) is 6.42 Å². The van der Waals surface area contributed by atoms with E-state index in [9.17, 15) is 24.0 Å². The van der Waals surface area contributed by atoms with E-state index in [0.717, 1.165) is 25.7 Å². The normalized spacial score (nSPS) is 22.1. The van der Waals surface area contributed by atoms with Crippen molar-refractivity contribution in [1.29, 1.82) is 0 Å². The minimum atomic E-state index is -1.13. The number of ether oxygens (including phenoxy) is 2. The molecule has 0 spiro atoms. The van der Waals surface area contributed by atoms with Crippen molar-refractivity contribution in [2.75, 3.05) is 0 Å². The number of rotatable bonds is 13. The summed E-state index contributed by atoms with van der Waals surface area (Å²) in [5, 5.41) is 8.38. The Hall–Kier alpha value is -2.85. The molecule has 11 heteroatoms. The largest absolute Gasteiger partial charge is 0.460 e. The zero-order chi connectivity index (χ0) is 30.0. The van der Waals surface area contributed by atoms with Crippen molar-refractivity contribution < 1.29 is 33.4 Å². The topological polar surface area (TPSA) is 166 Å². The average Bonchev–Trinajstić information content (AvgIpc) is 3.17. The van der Waals surface area contributed by atoms with Gasteiger partial charge in [-0.25, -0.2) is 4.79 Å². The van der Waals surface area contributed by atoms with E-state index in [1.807, 2.05) is 20.8 Å². The molecule has 0 radical (unpaired) electrons. The third-order valence-corrected chi connectivity index (χ3v) is 7.37. The number of primary amides is 1. The fraction of sp³-hybridized carbons (Fsp3) is 0.828. The van der Waals surface area contributed by atoms with E-state index < -0.39 is 41.7 Å². The number of esters is 1. The molecule has 5 N–H and O–H groups in total. The number of cyclic esters (lactones) is 1. The van der Waals surface area contributed by atoms with Crippen LogP contribution in [0.5, 0.6) is 0 Å². The maximum Gasteiger partial charge on any atom is 0.408 e. The van der Waals surface area contributed by atoms with E-state index in [2.05, 4.69) is 16.0 Å². The Morgan fingerprint density at radius 3 is 2.15 bits per heavy atom. The molecule has 0 aromatic carbocycles. The predicted molar refractivity (Wildman–Crippen MR) is 150 cm³/mol. The third-order valence-electron chi connectivity index (χ3n) is 7.37. The van der Waals surface area contributed by atoms with Crippen LogP contribution in [0.15, 0.2) is 0 Å². The lowest BCUT2D eigenvalue weighted by molar-refractivity contribution is -0.146. The number of alkyl carbamates (subject to hydrolysis) is 1. The van der Waals surface area contributed by atoms with Crippen molar-refractivity contribution in [3.8, 4) is 0 Å². The van der Waals surface area contributed by atoms with E-state index >= 15 is 0 Å². The van der Waals surface area contributed by atoms with Gasteiger partial charge in [0.1, 0.15) is 23.8 Å². The number of nitrogens with one attached hydrogen (secondary N) is 3. The van der Waals surface area contributed by atoms with Gasteiger partial charge in [-0.2, -0.15) is 0 Å². The lowest BCUT2D eigenvalue weighted by Crippen LogP contribution is -2.57. The molecule has 2 fully saturated rings. The fourth-order valence-electron chi connectivity index (χ4n) is 5.35. The van der Waals surface area contributed by atoms with Gasteiger partial charge in [-0.15, -0.1) is 0 Å². The first kappa shape index (κ1) is 33.4. The van der Waals surface area contributed by atoms with Crippen molar-refractivity contribution in [2.45, 2.75) is 136 Å². The third kappa shape index (κ3) is 11.7. The zero-order valence-corrected chi connectivity index (χ0v) is 25.0. The van der Waals surface area contributed by atoms with E-state index in [0.29, 0.717) is 25.2 Å². The average molecular weight is 567 g/mol. The Labute approximate surface area is 238 Å². The molecule has 1 aliphatic carbocycles. The van der Waals surface area contributed by atoms with Gasteiger partial charge in [-0.05, 0) is 58.3 Å². The maximum atomic E-state index is 13.6. The van der Waals surface area contributed by atoms with E-state index in [1.54, 1.807) is 20.8 Å². The van der Waals surface area contributed by atoms with Gasteiger partial charge in [0.05, 0.1) is 12.0 Å². The maximum absolute atomic E-state index is 13.6. The first-order chi connectivity index (χ1) is 18.6. The van der Waals surface area contributed by atoms with Crippen molar-refractivity contribution in [2.24, 2.45) is 23.5 Å². The molecule has 11 nitrogen and oxygen atoms in total. The van der Waals surface area contributed by atoms with Gasteiger partial charge < -0.3 is 31.2 Å². The first-order valence-electron chi connectivity index (χ1n) is 14.7. The molecular formula is C29H50N4O7. The number of carbonyl (C=O) groups is 5. The quantitative estimate of drug-likeness (QED) is 0.249. The number of nitrogens with two attached hydrogens (primary N) is 1. The Bertz CT molecular complexity index is 895. The first-order valence-corrected chi connectivity index (χ1v) is 14.7. The molecule has 0 bridgehead atoms. The Balaban J connectivity index is 2.18. The Morgan fingerprint density at radius 1 is 1.00 bits per heavy atom. The monoisotopic (exact) mass is 566 g/mol. The summed E-state index contributed by atoms with van der Waals surface area (Å²) < 4.78 is 10.9. The second kappa shape index (κ2) is 15.2. The van der Waals surface area contributed by atoms with Crippen molar-refractivity contribution in [1.82, 2.24) is 16.0 Å². The van der Waals surface area contributed by atoms with Crippen LogP contribution in [0.25, 0.3) is 0 Å². The van der Waals surface area contributed by atoms with Gasteiger partial charge in [0.15, 0.2) is 0 Å². The summed E-state index contributed by atoms with van der Waals surface area (Å²) in [5.41, 5.74) is 4.50. The number of hydrogen-bond acceptors (Lipinski definition) is 7. The summed E-state index contributed by atoms with van der Waals surface area (Å²) in [6.07, 6.45) is 5.84. The van der Waals surface area contributed by atoms with Gasteiger partial charge in [0.25, 0.3) is 0 Å². The van der Waals surface area contributed by atoms with Crippen LogP contribution in [-0.4, -0.2) is 59.6 Å². The predicted octanol–water partition coefficient (Wildman–Crippen LogP) is 3.08. The number of amides is 4. The molecule has 1 saturated heterocycles. The minimum absolute atomic E-state index is 0.0450. The molecule has 2 rings (SSSR count). The molecule has 1 heterocycles. The Morgan fingerprint density at radius 2 is 1.62 bits per heavy atom. The van der Waals surface area contributed by atoms with Crippen LogP contribution in [0, 0.1) is 17.8 Å². The summed E-state index contributed by atoms with van der Waals surface area (Å²) in [4.78, 5) is 62.9. The summed E-state index contributed by atoms with van der Waals surface area (Å²) in [5.74, 6) is -1.59. The van der Waals surface area contributed by atoms with Crippen LogP contribution in [0.3, 0.4) is 0 Å². The molecule has 0 unspecified atom stereocenters. The second-order valence-electron chi connectivity index (χ2n) is 12.9. The SMILES string of the molecule is CC(C)C[C@H](NC(=O)[C@H](CCC(N)=O)NC(=O)OC(C)(C)C)C(=O)N[C@@H](CC1CCCCC1)[C@@H]1C[C@@H](C)C(=O)O1. The lowest BCUT2D eigenvalue weighted by atomic mass is 9.83. The highest BCUT2D eigenvalue weighted by Gasteiger charge is 2.39. The molecule has 40 heavy (non-hydrogen) atoms. The van der Waals surface area contributed by atoms with Crippen LogP contribution < -0.4 is 21.7 Å². The second-order valence-corrected chi connectivity index (χ2v) is 12.9. The van der Waals surface area contributed by atoms with Crippen molar-refractivity contribution in [3.63, 3.8) is 0 Å². The van der Waals surface area contributed by atoms with E-state index in [4.69, 9.17) is 15.2 Å². The molecule has 4 amide bonds. The minimum Gasteiger partial charge on any atom is -0.460 e. The lowest BCUT2D eigenvalue weighted by Gasteiger charge is -2.32. The number of hydrogen-bond donors (Lipinski definition) is 4. The highest BCUT2D eigenvalue weighted by atomic mass is 16.6. The molecule has 1 aliphatic heterocycles. The molecule has 2 aliphatic rings. The van der Waals surface area contributed by atoms with Crippen LogP contribution in [-0.2, 0) is 28.7 Å². The molecule has 0 aromatic heterocycles. The smallest absolute Gasteiger partial charge is 0.408 e. The van der Waals surface area contributed by atoms with Crippen molar-refractivity contribution >= 4 is 29.8 Å². The zero-order valence-electron chi connectivity index (χ0n) is 25.0. The molecule has 5 atom stereocenters. The molecule has 0 aromatic rings. The van der Waals surface area contributed by atoms with Gasteiger partial charge in [0.2, 0.25) is 17.7 Å². The molecular weight excluding hydrogens is 516 g/mol. The van der Waals surface area contributed by atoms with Gasteiger partial charge in [-0.3, -0.25) is 19.2 Å². The summed E-state index contributed by atoms with van der Waals surface area (Å²) in [6, 6.07) is -2.38. The highest BCUT2D eigenvalue weighted by molar-refractivity contribution is 5.91. The summed E-state index contributed by atoms with van der Waals surface area (Å²) in [6.45, 7) is 10.8. The fourth-order valence-corrected chi connectivity index (χ4v) is 5.35. The van der Waals surface area contributed by atoms with Crippen LogP contribution in [0.1, 0.15) is 106 Å². The highest BCUT2D eigenvalue weighted by Crippen LogP contribution is 2.32.